The minimum Gasteiger partial charge on any atom is -0.502 e. The number of hydrogen-bond acceptors (Lipinski definition) is 5. The number of hydrogen-bond donors (Lipinski definition) is 2. The van der Waals surface area contributed by atoms with E-state index in [9.17, 15) is 20.0 Å². The second kappa shape index (κ2) is 5.71. The fourth-order valence-corrected chi connectivity index (χ4v) is 1.69. The average molecular weight is 283 g/mol. The lowest BCUT2D eigenvalue weighted by Crippen LogP contribution is -2.12. The number of carbonyl (C=O) groups excluding carboxylic acids is 1. The fraction of sp³-hybridized carbons (Fsp3) is 0. The van der Waals surface area contributed by atoms with E-state index in [0.717, 1.165) is 12.1 Å². The molecule has 0 spiro atoms. The molecule has 0 atom stereocenters. The van der Waals surface area contributed by atoms with Crippen LogP contribution in [0.3, 0.4) is 0 Å². The van der Waals surface area contributed by atoms with E-state index in [0.29, 0.717) is 11.3 Å². The third-order valence-electron chi connectivity index (χ3n) is 2.68. The van der Waals surface area contributed by atoms with Gasteiger partial charge < -0.3 is 10.4 Å². The van der Waals surface area contributed by atoms with Crippen molar-refractivity contribution in [2.24, 2.45) is 0 Å². The number of rotatable bonds is 3. The third kappa shape index (κ3) is 3.13. The SMILES string of the molecule is N#Cc1cccc(NC(=O)c2ccc([N+](=O)[O-])c(O)c2)c1. The Hall–Kier alpha value is -3.40. The predicted molar refractivity (Wildman–Crippen MR) is 73.9 cm³/mol. The molecule has 0 unspecified atom stereocenters. The Morgan fingerprint density at radius 1 is 1.29 bits per heavy atom. The van der Waals surface area contributed by atoms with Crippen LogP contribution in [0.15, 0.2) is 42.5 Å². The van der Waals surface area contributed by atoms with Gasteiger partial charge in [-0.1, -0.05) is 6.07 Å². The summed E-state index contributed by atoms with van der Waals surface area (Å²) in [4.78, 5) is 21.8. The van der Waals surface area contributed by atoms with Gasteiger partial charge in [-0.15, -0.1) is 0 Å². The summed E-state index contributed by atoms with van der Waals surface area (Å²) in [6.07, 6.45) is 0. The molecule has 7 heteroatoms. The van der Waals surface area contributed by atoms with Gasteiger partial charge in [0.1, 0.15) is 0 Å². The van der Waals surface area contributed by atoms with Gasteiger partial charge in [-0.3, -0.25) is 14.9 Å². The van der Waals surface area contributed by atoms with Crippen LogP contribution in [-0.2, 0) is 0 Å². The normalized spacial score (nSPS) is 9.67. The van der Waals surface area contributed by atoms with Crippen molar-refractivity contribution in [3.8, 4) is 11.8 Å². The molecule has 0 fully saturated rings. The summed E-state index contributed by atoms with van der Waals surface area (Å²) >= 11 is 0. The third-order valence-corrected chi connectivity index (χ3v) is 2.68. The van der Waals surface area contributed by atoms with Gasteiger partial charge in [0.2, 0.25) is 0 Å². The highest BCUT2D eigenvalue weighted by atomic mass is 16.6. The first-order valence-corrected chi connectivity index (χ1v) is 5.80. The van der Waals surface area contributed by atoms with Crippen LogP contribution >= 0.6 is 0 Å². The fourth-order valence-electron chi connectivity index (χ4n) is 1.69. The van der Waals surface area contributed by atoms with Gasteiger partial charge in [0, 0.05) is 17.3 Å². The molecule has 7 nitrogen and oxygen atoms in total. The molecule has 2 aromatic carbocycles. The molecule has 0 aromatic heterocycles. The summed E-state index contributed by atoms with van der Waals surface area (Å²) in [5, 5.41) is 31.4. The van der Waals surface area contributed by atoms with Crippen molar-refractivity contribution in [3.63, 3.8) is 0 Å². The molecule has 0 saturated carbocycles. The molecule has 104 valence electrons. The van der Waals surface area contributed by atoms with Crippen molar-refractivity contribution < 1.29 is 14.8 Å². The number of nitro groups is 1. The van der Waals surface area contributed by atoms with E-state index >= 15 is 0 Å². The van der Waals surface area contributed by atoms with Crippen LogP contribution in [-0.4, -0.2) is 15.9 Å². The summed E-state index contributed by atoms with van der Waals surface area (Å²) in [5.74, 6) is -1.13. The maximum atomic E-state index is 12.0. The van der Waals surface area contributed by atoms with Gasteiger partial charge in [0.25, 0.3) is 5.91 Å². The van der Waals surface area contributed by atoms with E-state index < -0.39 is 22.3 Å². The number of phenols is 1. The number of nitro benzene ring substituents is 1. The number of amides is 1. The number of nitrogens with zero attached hydrogens (tertiary/aromatic N) is 2. The second-order valence-corrected chi connectivity index (χ2v) is 4.11. The molecule has 0 aliphatic heterocycles. The quantitative estimate of drug-likeness (QED) is 0.662. The lowest BCUT2D eigenvalue weighted by molar-refractivity contribution is -0.385. The highest BCUT2D eigenvalue weighted by Crippen LogP contribution is 2.26. The first-order valence-electron chi connectivity index (χ1n) is 5.80. The first kappa shape index (κ1) is 14.0. The Morgan fingerprint density at radius 2 is 2.05 bits per heavy atom. The van der Waals surface area contributed by atoms with Crippen molar-refractivity contribution in [2.75, 3.05) is 5.32 Å². The summed E-state index contributed by atoms with van der Waals surface area (Å²) in [6.45, 7) is 0. The lowest BCUT2D eigenvalue weighted by atomic mass is 10.1. The Morgan fingerprint density at radius 3 is 2.67 bits per heavy atom. The minimum atomic E-state index is -0.743. The molecule has 0 bridgehead atoms. The zero-order valence-corrected chi connectivity index (χ0v) is 10.6. The molecule has 21 heavy (non-hydrogen) atoms. The largest absolute Gasteiger partial charge is 0.502 e. The van der Waals surface area contributed by atoms with Crippen molar-refractivity contribution in [1.29, 1.82) is 5.26 Å². The molecule has 1 amide bonds. The molecule has 2 rings (SSSR count). The van der Waals surface area contributed by atoms with Gasteiger partial charge in [-0.05, 0) is 30.3 Å². The average Bonchev–Trinajstić information content (AvgIpc) is 2.46. The monoisotopic (exact) mass is 283 g/mol. The smallest absolute Gasteiger partial charge is 0.310 e. The van der Waals surface area contributed by atoms with Gasteiger partial charge in [-0.2, -0.15) is 5.26 Å². The number of benzene rings is 2. The lowest BCUT2D eigenvalue weighted by Gasteiger charge is -2.06. The second-order valence-electron chi connectivity index (χ2n) is 4.11. The maximum absolute atomic E-state index is 12.0. The Bertz CT molecular complexity index is 765. The van der Waals surface area contributed by atoms with Gasteiger partial charge >= 0.3 is 5.69 Å². The number of aromatic hydroxyl groups is 1. The standard InChI is InChI=1S/C14H9N3O4/c15-8-9-2-1-3-11(6-9)16-14(19)10-4-5-12(17(20)21)13(18)7-10/h1-7,18H,(H,16,19). The van der Waals surface area contributed by atoms with Gasteiger partial charge in [0.05, 0.1) is 16.6 Å². The molecular formula is C14H9N3O4. The van der Waals surface area contributed by atoms with Gasteiger partial charge in [-0.25, -0.2) is 0 Å². The topological polar surface area (TPSA) is 116 Å². The first-order chi connectivity index (χ1) is 10.0. The summed E-state index contributed by atoms with van der Waals surface area (Å²) in [7, 11) is 0. The van der Waals surface area contributed by atoms with E-state index in [1.165, 1.54) is 12.1 Å². The van der Waals surface area contributed by atoms with E-state index in [-0.39, 0.29) is 5.56 Å². The van der Waals surface area contributed by atoms with Crippen molar-refractivity contribution in [1.82, 2.24) is 0 Å². The van der Waals surface area contributed by atoms with Gasteiger partial charge in [0.15, 0.2) is 5.75 Å². The Balaban J connectivity index is 2.22. The number of carbonyl (C=O) groups is 1. The maximum Gasteiger partial charge on any atom is 0.310 e. The van der Waals surface area contributed by atoms with Crippen molar-refractivity contribution in [2.45, 2.75) is 0 Å². The molecule has 0 saturated heterocycles. The predicted octanol–water partition coefficient (Wildman–Crippen LogP) is 2.42. The summed E-state index contributed by atoms with van der Waals surface area (Å²) in [6, 6.07) is 11.5. The zero-order chi connectivity index (χ0) is 15.4. The molecule has 0 aliphatic carbocycles. The summed E-state index contributed by atoms with van der Waals surface area (Å²) in [5.41, 5.74) is 0.398. The Labute approximate surface area is 119 Å². The molecule has 0 aliphatic rings. The van der Waals surface area contributed by atoms with Crippen LogP contribution in [0.5, 0.6) is 5.75 Å². The zero-order valence-electron chi connectivity index (χ0n) is 10.6. The number of anilines is 1. The van der Waals surface area contributed by atoms with Crippen LogP contribution in [0, 0.1) is 21.4 Å². The van der Waals surface area contributed by atoms with Crippen LogP contribution in [0.25, 0.3) is 0 Å². The highest BCUT2D eigenvalue weighted by molar-refractivity contribution is 6.04. The number of nitrogens with one attached hydrogen (secondary N) is 1. The van der Waals surface area contributed by atoms with E-state index in [1.807, 2.05) is 6.07 Å². The Kier molecular flexibility index (Phi) is 3.81. The molecular weight excluding hydrogens is 274 g/mol. The van der Waals surface area contributed by atoms with Crippen LogP contribution < -0.4 is 5.32 Å². The van der Waals surface area contributed by atoms with Crippen LogP contribution in [0.1, 0.15) is 15.9 Å². The number of phenolic OH excluding ortho intramolecular Hbond substituents is 1. The molecule has 0 heterocycles. The molecule has 2 aromatic rings. The number of nitriles is 1. The van der Waals surface area contributed by atoms with Crippen molar-refractivity contribution >= 4 is 17.3 Å². The minimum absolute atomic E-state index is 0.0699. The molecule has 0 radical (unpaired) electrons. The van der Waals surface area contributed by atoms with Crippen molar-refractivity contribution in [3.05, 3.63) is 63.7 Å². The van der Waals surface area contributed by atoms with Crippen LogP contribution in [0.4, 0.5) is 11.4 Å². The summed E-state index contributed by atoms with van der Waals surface area (Å²) < 4.78 is 0. The molecule has 2 N–H and O–H groups in total. The van der Waals surface area contributed by atoms with Crippen LogP contribution in [0.2, 0.25) is 0 Å². The highest BCUT2D eigenvalue weighted by Gasteiger charge is 2.16. The van der Waals surface area contributed by atoms with E-state index in [2.05, 4.69) is 5.32 Å². The van der Waals surface area contributed by atoms with E-state index in [4.69, 9.17) is 5.26 Å². The van der Waals surface area contributed by atoms with E-state index in [1.54, 1.807) is 18.2 Å².